The summed E-state index contributed by atoms with van der Waals surface area (Å²) in [5.74, 6) is -0.126. The van der Waals surface area contributed by atoms with Gasteiger partial charge in [0.1, 0.15) is 12.2 Å². The fraction of sp³-hybridized carbons (Fsp3) is 0.812. The number of hydrogen-bond donors (Lipinski definition) is 1. The van der Waals surface area contributed by atoms with Crippen molar-refractivity contribution in [2.24, 2.45) is 22.2 Å². The molecule has 7 atom stereocenters. The average molecular weight is 659 g/mol. The minimum absolute atomic E-state index is 0.0178. The second-order valence-corrected chi connectivity index (χ2v) is 21.6. The molecule has 4 nitrogen and oxygen atoms in total. The summed E-state index contributed by atoms with van der Waals surface area (Å²) in [6.07, 6.45) is 5.94. The van der Waals surface area contributed by atoms with Gasteiger partial charge in [-0.2, -0.15) is 0 Å². The van der Waals surface area contributed by atoms with Gasteiger partial charge in [-0.1, -0.05) is 91.1 Å². The van der Waals surface area contributed by atoms with Crippen LogP contribution in [0.2, 0.25) is 17.6 Å². The van der Waals surface area contributed by atoms with E-state index in [9.17, 15) is 5.11 Å². The van der Waals surface area contributed by atoms with Crippen LogP contribution in [0.4, 0.5) is 0 Å². The molecule has 3 aliphatic rings. The van der Waals surface area contributed by atoms with E-state index in [2.05, 4.69) is 68.9 Å². The van der Waals surface area contributed by atoms with Gasteiger partial charge in [-0.05, 0) is 97.3 Å². The SMILES string of the molecule is C=C1[C@@H](O)CC[C@@]2(C)C[C@H](O[Si](CC)(CC)C(C)C)C3=C(C)C[C@H](OC(=S)SC)[C@@](C)([C@@H](OC(=S)SC)[C@H]12)C3(C)C. The molecule has 2 saturated carbocycles. The second-order valence-electron chi connectivity index (χ2n) is 13.9. The van der Waals surface area contributed by atoms with Gasteiger partial charge >= 0.3 is 0 Å². The Morgan fingerprint density at radius 1 is 1.07 bits per heavy atom. The molecule has 0 saturated heterocycles. The van der Waals surface area contributed by atoms with Gasteiger partial charge in [0, 0.05) is 17.8 Å². The molecule has 0 spiro atoms. The van der Waals surface area contributed by atoms with Crippen molar-refractivity contribution in [1.82, 2.24) is 0 Å². The van der Waals surface area contributed by atoms with Crippen LogP contribution in [-0.2, 0) is 13.9 Å². The summed E-state index contributed by atoms with van der Waals surface area (Å²) in [5, 5.41) is 11.3. The number of hydrogen-bond acceptors (Lipinski definition) is 8. The first-order valence-electron chi connectivity index (χ1n) is 15.2. The van der Waals surface area contributed by atoms with Crippen molar-refractivity contribution in [3.8, 4) is 0 Å². The molecule has 9 heteroatoms. The molecule has 2 fully saturated rings. The van der Waals surface area contributed by atoms with Crippen molar-refractivity contribution in [3.05, 3.63) is 23.3 Å². The third-order valence-corrected chi connectivity index (χ3v) is 18.8. The first kappa shape index (κ1) is 35.6. The first-order valence-corrected chi connectivity index (χ1v) is 20.9. The molecule has 0 unspecified atom stereocenters. The number of fused-ring (bicyclic) bond motifs is 3. The Kier molecular flexibility index (Phi) is 11.5. The predicted molar refractivity (Wildman–Crippen MR) is 188 cm³/mol. The monoisotopic (exact) mass is 658 g/mol. The quantitative estimate of drug-likeness (QED) is 0.165. The zero-order valence-electron chi connectivity index (χ0n) is 27.2. The van der Waals surface area contributed by atoms with Crippen LogP contribution in [0.25, 0.3) is 0 Å². The van der Waals surface area contributed by atoms with E-state index >= 15 is 0 Å². The van der Waals surface area contributed by atoms with Crippen LogP contribution in [0.1, 0.15) is 88.0 Å². The molecule has 0 aromatic carbocycles. The Morgan fingerprint density at radius 3 is 2.15 bits per heavy atom. The van der Waals surface area contributed by atoms with Gasteiger partial charge in [0.15, 0.2) is 8.32 Å². The van der Waals surface area contributed by atoms with Crippen LogP contribution in [0.15, 0.2) is 23.3 Å². The van der Waals surface area contributed by atoms with Gasteiger partial charge in [0.05, 0.1) is 17.6 Å². The molecule has 234 valence electrons. The molecule has 0 aromatic rings. The summed E-state index contributed by atoms with van der Waals surface area (Å²) in [6, 6.07) is 2.18. The maximum Gasteiger partial charge on any atom is 0.220 e. The van der Waals surface area contributed by atoms with Gasteiger partial charge < -0.3 is 19.0 Å². The van der Waals surface area contributed by atoms with Crippen molar-refractivity contribution in [3.63, 3.8) is 0 Å². The minimum atomic E-state index is -2.05. The molecular formula is C32H54O4S4Si. The standard InChI is InChI=1S/C32H54O4S4Si/c1-13-41(14-2,19(3)4)36-23-18-31(9)16-15-22(33)21(6)26(31)27(35-29(38)40-12)32(10)24(34-28(37)39-11)17-20(5)25(23)30(32,7)8/h19,22-24,26-27,33H,6,13-18H2,1-5,7-12H3/t22-,23-,24-,26-,27-,31-,32-/m0/s1. The van der Waals surface area contributed by atoms with Crippen molar-refractivity contribution in [1.29, 1.82) is 0 Å². The highest BCUT2D eigenvalue weighted by molar-refractivity contribution is 8.22. The summed E-state index contributed by atoms with van der Waals surface area (Å²) in [5.41, 5.74) is 2.98. The van der Waals surface area contributed by atoms with Crippen LogP contribution in [0.5, 0.6) is 0 Å². The summed E-state index contributed by atoms with van der Waals surface area (Å²) in [4.78, 5) is 0. The molecule has 0 heterocycles. The smallest absolute Gasteiger partial charge is 0.220 e. The summed E-state index contributed by atoms with van der Waals surface area (Å²) in [7, 11) is -2.05. The highest BCUT2D eigenvalue weighted by Crippen LogP contribution is 2.66. The molecule has 1 N–H and O–H groups in total. The Hall–Kier alpha value is 0.0969. The van der Waals surface area contributed by atoms with E-state index in [1.54, 1.807) is 0 Å². The number of ether oxygens (including phenoxy) is 2. The largest absolute Gasteiger partial charge is 0.474 e. The highest BCUT2D eigenvalue weighted by Gasteiger charge is 2.67. The third-order valence-electron chi connectivity index (χ3n) is 11.5. The average Bonchev–Trinajstić information content (AvgIpc) is 2.90. The van der Waals surface area contributed by atoms with Crippen LogP contribution in [0, 0.1) is 22.2 Å². The van der Waals surface area contributed by atoms with E-state index in [0.717, 1.165) is 36.9 Å². The normalized spacial score (nSPS) is 35.4. The number of rotatable bonds is 7. The number of thiocarbonyl (C=S) groups is 2. The van der Waals surface area contributed by atoms with Gasteiger partial charge in [0.25, 0.3) is 0 Å². The van der Waals surface area contributed by atoms with Crippen LogP contribution < -0.4 is 0 Å². The second kappa shape index (κ2) is 13.2. The van der Waals surface area contributed by atoms with Crippen molar-refractivity contribution < 1.29 is 19.0 Å². The summed E-state index contributed by atoms with van der Waals surface area (Å²) < 4.78 is 22.2. The maximum atomic E-state index is 11.3. The van der Waals surface area contributed by atoms with E-state index in [1.807, 2.05) is 12.5 Å². The van der Waals surface area contributed by atoms with Gasteiger partial charge in [-0.3, -0.25) is 0 Å². The Labute approximate surface area is 270 Å². The van der Waals surface area contributed by atoms with Gasteiger partial charge in [0.2, 0.25) is 8.77 Å². The highest BCUT2D eigenvalue weighted by atomic mass is 32.2. The van der Waals surface area contributed by atoms with Gasteiger partial charge in [-0.25, -0.2) is 0 Å². The van der Waals surface area contributed by atoms with E-state index < -0.39 is 19.8 Å². The lowest BCUT2D eigenvalue weighted by molar-refractivity contribution is -0.165. The van der Waals surface area contributed by atoms with E-state index in [4.69, 9.17) is 38.3 Å². The zero-order valence-corrected chi connectivity index (χ0v) is 31.5. The van der Waals surface area contributed by atoms with Crippen LogP contribution >= 0.6 is 48.0 Å². The van der Waals surface area contributed by atoms with E-state index in [-0.39, 0.29) is 35.1 Å². The Morgan fingerprint density at radius 2 is 1.63 bits per heavy atom. The molecule has 0 radical (unpaired) electrons. The lowest BCUT2D eigenvalue weighted by Gasteiger charge is -2.64. The molecule has 0 amide bonds. The van der Waals surface area contributed by atoms with Crippen LogP contribution in [0.3, 0.4) is 0 Å². The molecule has 0 aromatic heterocycles. The lowest BCUT2D eigenvalue weighted by atomic mass is 9.44. The topological polar surface area (TPSA) is 47.9 Å². The number of aliphatic hydroxyl groups is 1. The van der Waals surface area contributed by atoms with E-state index in [1.165, 1.54) is 34.7 Å². The van der Waals surface area contributed by atoms with Crippen molar-refractivity contribution >= 4 is 65.0 Å². The Bertz CT molecular complexity index is 1050. The fourth-order valence-electron chi connectivity index (χ4n) is 8.59. The summed E-state index contributed by atoms with van der Waals surface area (Å²) >= 11 is 14.3. The molecular weight excluding hydrogens is 605 g/mol. The molecule has 2 bridgehead atoms. The Balaban J connectivity index is 2.40. The molecule has 3 rings (SSSR count). The third kappa shape index (κ3) is 6.17. The predicted octanol–water partition coefficient (Wildman–Crippen LogP) is 9.32. The van der Waals surface area contributed by atoms with Gasteiger partial charge in [-0.15, -0.1) is 0 Å². The molecule has 0 aliphatic heterocycles. The number of aliphatic hydroxyl groups excluding tert-OH is 1. The fourth-order valence-corrected chi connectivity index (χ4v) is 12.7. The minimum Gasteiger partial charge on any atom is -0.474 e. The van der Waals surface area contributed by atoms with Crippen LogP contribution in [-0.4, -0.2) is 59.1 Å². The lowest BCUT2D eigenvalue weighted by Crippen LogP contribution is -2.66. The first-order chi connectivity index (χ1) is 19.0. The van der Waals surface area contributed by atoms with Crippen molar-refractivity contribution in [2.75, 3.05) is 12.5 Å². The maximum absolute atomic E-state index is 11.3. The molecule has 3 aliphatic carbocycles. The zero-order chi connectivity index (χ0) is 31.1. The van der Waals surface area contributed by atoms with Crippen molar-refractivity contribution in [2.45, 2.75) is 130 Å². The number of thioether (sulfide) groups is 2. The molecule has 41 heavy (non-hydrogen) atoms. The van der Waals surface area contributed by atoms with E-state index in [0.29, 0.717) is 20.7 Å². The summed E-state index contributed by atoms with van der Waals surface area (Å²) in [6.45, 7) is 25.5.